The molecule has 0 aliphatic heterocycles. The van der Waals surface area contributed by atoms with Gasteiger partial charge < -0.3 is 19.4 Å². The molecule has 0 aliphatic carbocycles. The molecule has 172 valence electrons. The highest BCUT2D eigenvalue weighted by atomic mass is 32.1. The van der Waals surface area contributed by atoms with E-state index in [1.807, 2.05) is 36.6 Å². The number of thiophene rings is 1. The number of anilines is 1. The van der Waals surface area contributed by atoms with Gasteiger partial charge in [-0.1, -0.05) is 0 Å². The van der Waals surface area contributed by atoms with Crippen molar-refractivity contribution in [1.29, 1.82) is 0 Å². The standard InChI is InChI=1S/C24H25FN4O3S/c1-5-32-20-12-21(33-24(20)15(3)30)18-11-22(28-13-27-18)26-8-9-29-14(2)10-16-19(31-4)7-6-17(25)23(16)29/h6-7,10-13H,5,8-9H2,1-4H3,(H,26,27,28). The lowest BCUT2D eigenvalue weighted by atomic mass is 10.2. The van der Waals surface area contributed by atoms with Crippen LogP contribution in [0.1, 0.15) is 29.2 Å². The number of ketones is 1. The largest absolute Gasteiger partial charge is 0.496 e. The molecular weight excluding hydrogens is 443 g/mol. The maximum Gasteiger partial charge on any atom is 0.173 e. The van der Waals surface area contributed by atoms with Gasteiger partial charge in [0.05, 0.1) is 29.8 Å². The Labute approximate surface area is 195 Å². The summed E-state index contributed by atoms with van der Waals surface area (Å²) in [5.74, 6) is 1.54. The number of methoxy groups -OCH3 is 1. The third-order valence-electron chi connectivity index (χ3n) is 5.28. The van der Waals surface area contributed by atoms with Gasteiger partial charge in [-0.2, -0.15) is 0 Å². The van der Waals surface area contributed by atoms with Gasteiger partial charge in [0.1, 0.15) is 34.3 Å². The molecule has 33 heavy (non-hydrogen) atoms. The van der Waals surface area contributed by atoms with Crippen LogP contribution in [0, 0.1) is 12.7 Å². The van der Waals surface area contributed by atoms with E-state index >= 15 is 0 Å². The topological polar surface area (TPSA) is 78.3 Å². The fraction of sp³-hybridized carbons (Fsp3) is 0.292. The summed E-state index contributed by atoms with van der Waals surface area (Å²) in [5.41, 5.74) is 2.16. The van der Waals surface area contributed by atoms with Crippen LogP contribution in [0.15, 0.2) is 36.7 Å². The quantitative estimate of drug-likeness (QED) is 0.335. The highest BCUT2D eigenvalue weighted by Crippen LogP contribution is 2.36. The molecule has 0 radical (unpaired) electrons. The highest BCUT2D eigenvalue weighted by Gasteiger charge is 2.17. The molecule has 0 amide bonds. The smallest absolute Gasteiger partial charge is 0.173 e. The monoisotopic (exact) mass is 468 g/mol. The summed E-state index contributed by atoms with van der Waals surface area (Å²) >= 11 is 1.35. The fourth-order valence-corrected chi connectivity index (χ4v) is 4.76. The Hall–Kier alpha value is -3.46. The lowest BCUT2D eigenvalue weighted by molar-refractivity contribution is 0.101. The summed E-state index contributed by atoms with van der Waals surface area (Å²) in [5, 5.41) is 4.04. The van der Waals surface area contributed by atoms with Crippen LogP contribution in [0.2, 0.25) is 0 Å². The van der Waals surface area contributed by atoms with Crippen LogP contribution in [0.3, 0.4) is 0 Å². The minimum Gasteiger partial charge on any atom is -0.496 e. The predicted octanol–water partition coefficient (Wildman–Crippen LogP) is 5.33. The van der Waals surface area contributed by atoms with Crippen molar-refractivity contribution >= 4 is 33.8 Å². The molecule has 0 atom stereocenters. The molecule has 9 heteroatoms. The molecular formula is C24H25FN4O3S. The van der Waals surface area contributed by atoms with E-state index in [1.54, 1.807) is 13.2 Å². The number of halogens is 1. The van der Waals surface area contributed by atoms with Crippen molar-refractivity contribution in [2.24, 2.45) is 0 Å². The molecule has 4 rings (SSSR count). The number of hydrogen-bond donors (Lipinski definition) is 1. The van der Waals surface area contributed by atoms with E-state index in [0.717, 1.165) is 16.0 Å². The second-order valence-electron chi connectivity index (χ2n) is 7.46. The molecule has 1 N–H and O–H groups in total. The van der Waals surface area contributed by atoms with Crippen molar-refractivity contribution in [3.8, 4) is 22.1 Å². The van der Waals surface area contributed by atoms with Crippen molar-refractivity contribution in [1.82, 2.24) is 14.5 Å². The Morgan fingerprint density at radius 3 is 2.76 bits per heavy atom. The molecule has 0 bridgehead atoms. The van der Waals surface area contributed by atoms with Gasteiger partial charge in [-0.05, 0) is 32.0 Å². The average molecular weight is 469 g/mol. The number of nitrogens with one attached hydrogen (secondary N) is 1. The van der Waals surface area contributed by atoms with Crippen LogP contribution in [-0.2, 0) is 6.54 Å². The van der Waals surface area contributed by atoms with Crippen LogP contribution < -0.4 is 14.8 Å². The number of carbonyl (C=O) groups excluding carboxylic acids is 1. The Morgan fingerprint density at radius 2 is 2.03 bits per heavy atom. The minimum atomic E-state index is -0.285. The Morgan fingerprint density at radius 1 is 1.21 bits per heavy atom. The molecule has 1 aromatic carbocycles. The molecule has 0 saturated heterocycles. The SMILES string of the molecule is CCOc1cc(-c2cc(NCCn3c(C)cc4c(OC)ccc(F)c43)ncn2)sc1C(C)=O. The molecule has 0 saturated carbocycles. The number of rotatable bonds is 9. The Kier molecular flexibility index (Phi) is 6.60. The molecule has 3 heterocycles. The first kappa shape index (κ1) is 22.7. The van der Waals surface area contributed by atoms with Gasteiger partial charge in [0.15, 0.2) is 5.78 Å². The first-order chi connectivity index (χ1) is 15.9. The molecule has 0 unspecified atom stereocenters. The molecule has 0 spiro atoms. The van der Waals surface area contributed by atoms with E-state index in [9.17, 15) is 9.18 Å². The average Bonchev–Trinajstić information content (AvgIpc) is 3.37. The van der Waals surface area contributed by atoms with Gasteiger partial charge in [-0.15, -0.1) is 11.3 Å². The van der Waals surface area contributed by atoms with E-state index in [2.05, 4.69) is 15.3 Å². The third-order valence-corrected chi connectivity index (χ3v) is 6.51. The first-order valence-electron chi connectivity index (χ1n) is 10.6. The number of ether oxygens (including phenoxy) is 2. The van der Waals surface area contributed by atoms with E-state index in [1.165, 1.54) is 30.7 Å². The summed E-state index contributed by atoms with van der Waals surface area (Å²) in [6.07, 6.45) is 1.48. The van der Waals surface area contributed by atoms with Crippen LogP contribution in [-0.4, -0.2) is 40.6 Å². The number of aromatic nitrogens is 3. The van der Waals surface area contributed by atoms with Gasteiger partial charge in [0.25, 0.3) is 0 Å². The van der Waals surface area contributed by atoms with E-state index in [0.29, 0.717) is 53.1 Å². The second kappa shape index (κ2) is 9.58. The summed E-state index contributed by atoms with van der Waals surface area (Å²) < 4.78 is 27.5. The highest BCUT2D eigenvalue weighted by molar-refractivity contribution is 7.17. The van der Waals surface area contributed by atoms with Crippen molar-refractivity contribution in [3.63, 3.8) is 0 Å². The lowest BCUT2D eigenvalue weighted by Crippen LogP contribution is -2.12. The normalized spacial score (nSPS) is 11.1. The number of carbonyl (C=O) groups is 1. The Balaban J connectivity index is 1.53. The molecule has 7 nitrogen and oxygen atoms in total. The third kappa shape index (κ3) is 4.54. The van der Waals surface area contributed by atoms with Gasteiger partial charge >= 0.3 is 0 Å². The number of hydrogen-bond acceptors (Lipinski definition) is 7. The zero-order chi connectivity index (χ0) is 23.5. The van der Waals surface area contributed by atoms with Gasteiger partial charge in [-0.3, -0.25) is 4.79 Å². The number of benzene rings is 1. The van der Waals surface area contributed by atoms with E-state index in [4.69, 9.17) is 9.47 Å². The van der Waals surface area contributed by atoms with Gasteiger partial charge in [0, 0.05) is 43.2 Å². The summed E-state index contributed by atoms with van der Waals surface area (Å²) in [4.78, 5) is 22.0. The molecule has 3 aromatic heterocycles. The van der Waals surface area contributed by atoms with Gasteiger partial charge in [0.2, 0.25) is 0 Å². The maximum atomic E-state index is 14.6. The summed E-state index contributed by atoms with van der Waals surface area (Å²) in [6.45, 7) is 6.90. The zero-order valence-electron chi connectivity index (χ0n) is 18.9. The number of Topliss-reactive ketones (excluding diaryl/α,β-unsaturated/α-hetero) is 1. The van der Waals surface area contributed by atoms with Crippen LogP contribution >= 0.6 is 11.3 Å². The Bertz CT molecular complexity index is 1310. The second-order valence-corrected chi connectivity index (χ2v) is 8.51. The molecule has 0 aliphatic rings. The van der Waals surface area contributed by atoms with Crippen molar-refractivity contribution in [2.75, 3.05) is 25.6 Å². The van der Waals surface area contributed by atoms with Crippen molar-refractivity contribution in [3.05, 3.63) is 53.0 Å². The number of aryl methyl sites for hydroxylation is 1. The lowest BCUT2D eigenvalue weighted by Gasteiger charge is -2.11. The van der Waals surface area contributed by atoms with Crippen LogP contribution in [0.25, 0.3) is 21.5 Å². The van der Waals surface area contributed by atoms with Crippen molar-refractivity contribution < 1.29 is 18.7 Å². The first-order valence-corrected chi connectivity index (χ1v) is 11.4. The maximum absolute atomic E-state index is 14.6. The minimum absolute atomic E-state index is 0.0414. The fourth-order valence-electron chi connectivity index (χ4n) is 3.80. The molecule has 0 fully saturated rings. The molecule has 4 aromatic rings. The number of nitrogens with zero attached hydrogens (tertiary/aromatic N) is 3. The van der Waals surface area contributed by atoms with E-state index in [-0.39, 0.29) is 11.6 Å². The van der Waals surface area contributed by atoms with Crippen LogP contribution in [0.4, 0.5) is 10.2 Å². The summed E-state index contributed by atoms with van der Waals surface area (Å²) in [6, 6.07) is 8.66. The van der Waals surface area contributed by atoms with Crippen molar-refractivity contribution in [2.45, 2.75) is 27.3 Å². The van der Waals surface area contributed by atoms with E-state index < -0.39 is 0 Å². The zero-order valence-corrected chi connectivity index (χ0v) is 19.8. The summed E-state index contributed by atoms with van der Waals surface area (Å²) in [7, 11) is 1.58. The van der Waals surface area contributed by atoms with Gasteiger partial charge in [-0.25, -0.2) is 14.4 Å². The number of fused-ring (bicyclic) bond motifs is 1. The predicted molar refractivity (Wildman–Crippen MR) is 128 cm³/mol. The van der Waals surface area contributed by atoms with Crippen LogP contribution in [0.5, 0.6) is 11.5 Å².